The maximum absolute atomic E-state index is 11.1. The number of nitrogens with one attached hydrogen (secondary N) is 2. The molecule has 140 valence electrons. The number of nitrogens with zero attached hydrogens (tertiary/aromatic N) is 1. The summed E-state index contributed by atoms with van der Waals surface area (Å²) < 4.78 is 0. The van der Waals surface area contributed by atoms with E-state index in [1.807, 2.05) is 55.6 Å². The molecule has 2 aromatic carbocycles. The summed E-state index contributed by atoms with van der Waals surface area (Å²) >= 11 is 0. The van der Waals surface area contributed by atoms with E-state index >= 15 is 0 Å². The van der Waals surface area contributed by atoms with Crippen molar-refractivity contribution in [1.29, 1.82) is 0 Å². The highest BCUT2D eigenvalue weighted by molar-refractivity contribution is 5.86. The molecule has 4 rings (SSSR count). The Morgan fingerprint density at radius 2 is 1.79 bits per heavy atom. The zero-order chi connectivity index (χ0) is 19.5. The van der Waals surface area contributed by atoms with Gasteiger partial charge in [-0.1, -0.05) is 49.4 Å². The van der Waals surface area contributed by atoms with E-state index in [1.54, 1.807) is 0 Å². The number of anilines is 1. The van der Waals surface area contributed by atoms with Gasteiger partial charge in [0, 0.05) is 28.3 Å². The normalized spacial score (nSPS) is 12.1. The van der Waals surface area contributed by atoms with Crippen molar-refractivity contribution >= 4 is 16.7 Å². The molecular weight excluding hydrogens is 346 g/mol. The molecule has 2 aromatic heterocycles. The topological polar surface area (TPSA) is 59.3 Å². The van der Waals surface area contributed by atoms with Gasteiger partial charge in [-0.05, 0) is 37.1 Å². The smallest absolute Gasteiger partial charge is 0.272 e. The molecule has 0 fully saturated rings. The van der Waals surface area contributed by atoms with Crippen LogP contribution >= 0.6 is 0 Å². The average Bonchev–Trinajstić information content (AvgIpc) is 2.74. The lowest BCUT2D eigenvalue weighted by Crippen LogP contribution is -2.19. The third-order valence-corrected chi connectivity index (χ3v) is 5.05. The fraction of sp³-hybridized carbons (Fsp3) is 0.167. The number of aromatic hydroxyl groups is 1. The molecule has 4 nitrogen and oxygen atoms in total. The van der Waals surface area contributed by atoms with E-state index in [-0.39, 0.29) is 11.8 Å². The molecule has 1 atom stereocenters. The number of pyridine rings is 2. The highest BCUT2D eigenvalue weighted by Crippen LogP contribution is 2.36. The second-order valence-electron chi connectivity index (χ2n) is 6.98. The number of benzene rings is 2. The van der Waals surface area contributed by atoms with Gasteiger partial charge in [-0.15, -0.1) is 0 Å². The Morgan fingerprint density at radius 1 is 1.00 bits per heavy atom. The molecule has 0 aliphatic rings. The van der Waals surface area contributed by atoms with E-state index in [9.17, 15) is 5.11 Å². The van der Waals surface area contributed by atoms with Crippen LogP contribution in [0.4, 0.5) is 5.82 Å². The van der Waals surface area contributed by atoms with Crippen molar-refractivity contribution in [2.75, 3.05) is 5.32 Å². The van der Waals surface area contributed by atoms with Gasteiger partial charge in [-0.2, -0.15) is 0 Å². The summed E-state index contributed by atoms with van der Waals surface area (Å²) in [6.07, 6.45) is 2.87. The maximum atomic E-state index is 11.1. The van der Waals surface area contributed by atoms with Crippen LogP contribution in [-0.2, 0) is 6.42 Å². The molecule has 4 heteroatoms. The summed E-state index contributed by atoms with van der Waals surface area (Å²) in [6.45, 7) is 4.08. The fourth-order valence-corrected chi connectivity index (χ4v) is 3.44. The number of aromatic nitrogens is 2. The minimum atomic E-state index is -0.212. The van der Waals surface area contributed by atoms with E-state index in [4.69, 9.17) is 0 Å². The third kappa shape index (κ3) is 3.54. The number of fused-ring (bicyclic) bond motifs is 1. The molecule has 3 N–H and O–H groups in total. The van der Waals surface area contributed by atoms with Crippen molar-refractivity contribution in [2.24, 2.45) is 0 Å². The van der Waals surface area contributed by atoms with Gasteiger partial charge in [0.2, 0.25) is 0 Å². The van der Waals surface area contributed by atoms with Crippen molar-refractivity contribution < 1.29 is 10.1 Å². The van der Waals surface area contributed by atoms with E-state index in [0.717, 1.165) is 34.4 Å². The minimum Gasteiger partial charge on any atom is -0.505 e. The van der Waals surface area contributed by atoms with Crippen LogP contribution in [0.3, 0.4) is 0 Å². The highest BCUT2D eigenvalue weighted by atomic mass is 16.3. The van der Waals surface area contributed by atoms with E-state index in [2.05, 4.69) is 46.5 Å². The first kappa shape index (κ1) is 18.0. The molecule has 28 heavy (non-hydrogen) atoms. The SMILES string of the molecule is CCc1ccc([C@H](Nc2cccc[nH+]2)c2ccc3ccc(C)nc3c2O)cc1. The Morgan fingerprint density at radius 3 is 2.50 bits per heavy atom. The zero-order valence-corrected chi connectivity index (χ0v) is 16.1. The van der Waals surface area contributed by atoms with Crippen LogP contribution in [0, 0.1) is 6.92 Å². The lowest BCUT2D eigenvalue weighted by molar-refractivity contribution is -0.361. The first-order valence-corrected chi connectivity index (χ1v) is 9.57. The second kappa shape index (κ2) is 7.69. The number of rotatable bonds is 5. The molecule has 0 aliphatic carbocycles. The highest BCUT2D eigenvalue weighted by Gasteiger charge is 2.24. The van der Waals surface area contributed by atoms with Crippen molar-refractivity contribution in [3.63, 3.8) is 0 Å². The van der Waals surface area contributed by atoms with Gasteiger partial charge >= 0.3 is 0 Å². The molecule has 0 spiro atoms. The Balaban J connectivity index is 1.84. The van der Waals surface area contributed by atoms with Gasteiger partial charge in [0.15, 0.2) is 0 Å². The number of aromatic amines is 1. The summed E-state index contributed by atoms with van der Waals surface area (Å²) in [4.78, 5) is 7.78. The third-order valence-electron chi connectivity index (χ3n) is 5.05. The Hall–Kier alpha value is -3.40. The van der Waals surface area contributed by atoms with Gasteiger partial charge in [0.05, 0.1) is 6.20 Å². The molecule has 0 amide bonds. The lowest BCUT2D eigenvalue weighted by Gasteiger charge is -2.18. The van der Waals surface area contributed by atoms with Crippen molar-refractivity contribution in [1.82, 2.24) is 4.98 Å². The standard InChI is InChI=1S/C24H23N3O/c1-3-17-8-11-18(12-9-17)22(27-21-6-4-5-15-25-21)20-14-13-19-10-7-16(2)26-23(19)24(20)28/h4-15,22,28H,3H2,1-2H3,(H,25,27)/p+1/t22-/m0/s1. The molecule has 2 heterocycles. The number of phenols is 1. The fourth-order valence-electron chi connectivity index (χ4n) is 3.44. The first-order chi connectivity index (χ1) is 13.7. The molecule has 0 aliphatic heterocycles. The summed E-state index contributed by atoms with van der Waals surface area (Å²) in [5, 5.41) is 15.5. The predicted octanol–water partition coefficient (Wildman–Crippen LogP) is 4.83. The summed E-state index contributed by atoms with van der Waals surface area (Å²) in [5.41, 5.74) is 4.68. The van der Waals surface area contributed by atoms with E-state index < -0.39 is 0 Å². The Kier molecular flexibility index (Phi) is 4.94. The van der Waals surface area contributed by atoms with Gasteiger partial charge in [0.25, 0.3) is 5.82 Å². The second-order valence-corrected chi connectivity index (χ2v) is 6.98. The lowest BCUT2D eigenvalue weighted by atomic mass is 9.95. The van der Waals surface area contributed by atoms with Crippen LogP contribution in [0.15, 0.2) is 72.9 Å². The number of hydrogen-bond acceptors (Lipinski definition) is 3. The van der Waals surface area contributed by atoms with E-state index in [0.29, 0.717) is 5.52 Å². The Bertz CT molecular complexity index is 1090. The van der Waals surface area contributed by atoms with Crippen LogP contribution in [0.1, 0.15) is 35.3 Å². The predicted molar refractivity (Wildman–Crippen MR) is 112 cm³/mol. The summed E-state index contributed by atoms with van der Waals surface area (Å²) in [7, 11) is 0. The largest absolute Gasteiger partial charge is 0.505 e. The molecule has 4 aromatic rings. The minimum absolute atomic E-state index is 0.212. The van der Waals surface area contributed by atoms with Crippen molar-refractivity contribution in [2.45, 2.75) is 26.3 Å². The van der Waals surface area contributed by atoms with Crippen molar-refractivity contribution in [3.05, 3.63) is 95.3 Å². The zero-order valence-electron chi connectivity index (χ0n) is 16.1. The molecule has 0 bridgehead atoms. The van der Waals surface area contributed by atoms with Gasteiger partial charge in [-0.3, -0.25) is 5.32 Å². The number of hydrogen-bond donors (Lipinski definition) is 2. The molecule has 0 saturated carbocycles. The van der Waals surface area contributed by atoms with E-state index in [1.165, 1.54) is 5.56 Å². The Labute approximate surface area is 164 Å². The number of phenolic OH excluding ortho intramolecular Hbond substituents is 1. The van der Waals surface area contributed by atoms with Crippen LogP contribution in [0.2, 0.25) is 0 Å². The van der Waals surface area contributed by atoms with Crippen molar-refractivity contribution in [3.8, 4) is 5.75 Å². The van der Waals surface area contributed by atoms with Crippen LogP contribution in [0.25, 0.3) is 10.9 Å². The summed E-state index contributed by atoms with van der Waals surface area (Å²) in [6, 6.07) is 22.1. The average molecular weight is 370 g/mol. The van der Waals surface area contributed by atoms with Crippen LogP contribution in [-0.4, -0.2) is 10.1 Å². The molecule has 0 saturated heterocycles. The molecular formula is C24H24N3O+. The van der Waals surface area contributed by atoms with Crippen LogP contribution < -0.4 is 10.3 Å². The number of H-pyrrole nitrogens is 1. The monoisotopic (exact) mass is 370 g/mol. The van der Waals surface area contributed by atoms with Gasteiger partial charge in [-0.25, -0.2) is 9.97 Å². The maximum Gasteiger partial charge on any atom is 0.272 e. The van der Waals surface area contributed by atoms with Gasteiger partial charge < -0.3 is 5.11 Å². The quantitative estimate of drug-likeness (QED) is 0.529. The van der Waals surface area contributed by atoms with Gasteiger partial charge in [0.1, 0.15) is 17.3 Å². The first-order valence-electron chi connectivity index (χ1n) is 9.57. The van der Waals surface area contributed by atoms with Crippen LogP contribution in [0.5, 0.6) is 5.75 Å². The number of aryl methyl sites for hydroxylation is 2. The molecule has 0 unspecified atom stereocenters. The summed E-state index contributed by atoms with van der Waals surface area (Å²) in [5.74, 6) is 1.10. The molecule has 0 radical (unpaired) electrons.